The van der Waals surface area contributed by atoms with E-state index >= 15 is 0 Å². The van der Waals surface area contributed by atoms with Crippen molar-refractivity contribution in [3.63, 3.8) is 0 Å². The number of piperazine rings is 1. The zero-order valence-electron chi connectivity index (χ0n) is 12.8. The molecule has 1 heterocycles. The summed E-state index contributed by atoms with van der Waals surface area (Å²) in [5.41, 5.74) is 0.0650. The highest BCUT2D eigenvalue weighted by Crippen LogP contribution is 2.33. The van der Waals surface area contributed by atoms with Crippen LogP contribution in [0.1, 0.15) is 39.2 Å². The SMILES string of the molecule is CCC1(CC)CN(c2cccc(C(F)(F)F)c2)C(C)CN1. The van der Waals surface area contributed by atoms with Gasteiger partial charge in [0.2, 0.25) is 0 Å². The first kappa shape index (κ1) is 16.1. The van der Waals surface area contributed by atoms with Gasteiger partial charge in [-0.1, -0.05) is 19.9 Å². The lowest BCUT2D eigenvalue weighted by Gasteiger charge is -2.47. The van der Waals surface area contributed by atoms with Crippen LogP contribution in [0, 0.1) is 0 Å². The number of halogens is 3. The molecular weight excluding hydrogens is 277 g/mol. The number of rotatable bonds is 3. The van der Waals surface area contributed by atoms with Crippen LogP contribution in [0.2, 0.25) is 0 Å². The largest absolute Gasteiger partial charge is 0.416 e. The number of nitrogens with zero attached hydrogens (tertiary/aromatic N) is 1. The molecule has 1 aromatic rings. The molecule has 118 valence electrons. The molecule has 5 heteroatoms. The minimum atomic E-state index is -4.29. The van der Waals surface area contributed by atoms with E-state index in [-0.39, 0.29) is 11.6 Å². The predicted molar refractivity (Wildman–Crippen MR) is 79.6 cm³/mol. The van der Waals surface area contributed by atoms with Crippen LogP contribution in [0.15, 0.2) is 24.3 Å². The van der Waals surface area contributed by atoms with E-state index in [9.17, 15) is 13.2 Å². The van der Waals surface area contributed by atoms with E-state index < -0.39 is 11.7 Å². The van der Waals surface area contributed by atoms with Crippen LogP contribution in [0.5, 0.6) is 0 Å². The van der Waals surface area contributed by atoms with Gasteiger partial charge < -0.3 is 10.2 Å². The number of benzene rings is 1. The number of hydrogen-bond acceptors (Lipinski definition) is 2. The molecule has 2 rings (SSSR count). The first-order valence-corrected chi connectivity index (χ1v) is 7.50. The molecular formula is C16H23F3N2. The van der Waals surface area contributed by atoms with Crippen molar-refractivity contribution in [1.82, 2.24) is 5.32 Å². The van der Waals surface area contributed by atoms with Crippen molar-refractivity contribution in [3.8, 4) is 0 Å². The summed E-state index contributed by atoms with van der Waals surface area (Å²) in [5, 5.41) is 3.56. The van der Waals surface area contributed by atoms with E-state index in [0.29, 0.717) is 5.69 Å². The number of hydrogen-bond donors (Lipinski definition) is 1. The van der Waals surface area contributed by atoms with Gasteiger partial charge in [0.25, 0.3) is 0 Å². The molecule has 1 N–H and O–H groups in total. The van der Waals surface area contributed by atoms with Crippen molar-refractivity contribution in [2.75, 3.05) is 18.0 Å². The van der Waals surface area contributed by atoms with Gasteiger partial charge in [0.1, 0.15) is 0 Å². The van der Waals surface area contributed by atoms with E-state index in [1.165, 1.54) is 12.1 Å². The standard InChI is InChI=1S/C16H23F3N2/c1-4-15(5-2)11-21(12(3)10-20-15)14-8-6-7-13(9-14)16(17,18)19/h6-9,12,20H,4-5,10-11H2,1-3H3. The van der Waals surface area contributed by atoms with Gasteiger partial charge in [-0.3, -0.25) is 0 Å². The first-order valence-electron chi connectivity index (χ1n) is 7.50. The highest BCUT2D eigenvalue weighted by atomic mass is 19.4. The molecule has 0 aliphatic carbocycles. The third-order valence-electron chi connectivity index (χ3n) is 4.64. The summed E-state index contributed by atoms with van der Waals surface area (Å²) < 4.78 is 38.7. The van der Waals surface area contributed by atoms with Crippen molar-refractivity contribution in [2.24, 2.45) is 0 Å². The summed E-state index contributed by atoms with van der Waals surface area (Å²) in [5.74, 6) is 0. The molecule has 1 saturated heterocycles. The van der Waals surface area contributed by atoms with Crippen molar-refractivity contribution in [2.45, 2.75) is 51.4 Å². The number of nitrogens with one attached hydrogen (secondary N) is 1. The van der Waals surface area contributed by atoms with Gasteiger partial charge in [-0.25, -0.2) is 0 Å². The van der Waals surface area contributed by atoms with Crippen LogP contribution >= 0.6 is 0 Å². The van der Waals surface area contributed by atoms with Crippen LogP contribution in [0.25, 0.3) is 0 Å². The lowest BCUT2D eigenvalue weighted by Crippen LogP contribution is -2.63. The molecule has 1 aromatic carbocycles. The fourth-order valence-electron chi connectivity index (χ4n) is 2.94. The topological polar surface area (TPSA) is 15.3 Å². The lowest BCUT2D eigenvalue weighted by molar-refractivity contribution is -0.137. The van der Waals surface area contributed by atoms with Gasteiger partial charge in [0, 0.05) is 30.4 Å². The highest BCUT2D eigenvalue weighted by molar-refractivity contribution is 5.51. The molecule has 0 bridgehead atoms. The number of alkyl halides is 3. The fraction of sp³-hybridized carbons (Fsp3) is 0.625. The molecule has 1 aliphatic heterocycles. The summed E-state index contributed by atoms with van der Waals surface area (Å²) in [6.45, 7) is 7.82. The van der Waals surface area contributed by atoms with Gasteiger partial charge >= 0.3 is 6.18 Å². The Balaban J connectivity index is 2.31. The van der Waals surface area contributed by atoms with Gasteiger partial charge in [-0.15, -0.1) is 0 Å². The molecule has 1 atom stereocenters. The normalized spacial score (nSPS) is 22.4. The Morgan fingerprint density at radius 2 is 1.95 bits per heavy atom. The average molecular weight is 300 g/mol. The van der Waals surface area contributed by atoms with Crippen LogP contribution in [-0.2, 0) is 6.18 Å². The van der Waals surface area contributed by atoms with Crippen LogP contribution in [-0.4, -0.2) is 24.7 Å². The molecule has 1 unspecified atom stereocenters. The maximum atomic E-state index is 12.9. The molecule has 0 radical (unpaired) electrons. The molecule has 1 aliphatic rings. The summed E-state index contributed by atoms with van der Waals surface area (Å²) in [4.78, 5) is 2.10. The van der Waals surface area contributed by atoms with Gasteiger partial charge in [-0.05, 0) is 38.0 Å². The molecule has 0 aromatic heterocycles. The predicted octanol–water partition coefficient (Wildman–Crippen LogP) is 4.06. The van der Waals surface area contributed by atoms with Crippen molar-refractivity contribution < 1.29 is 13.2 Å². The van der Waals surface area contributed by atoms with Gasteiger partial charge in [0.05, 0.1) is 5.56 Å². The Morgan fingerprint density at radius 1 is 1.29 bits per heavy atom. The smallest absolute Gasteiger partial charge is 0.366 e. The van der Waals surface area contributed by atoms with Crippen LogP contribution in [0.4, 0.5) is 18.9 Å². The second kappa shape index (κ2) is 5.87. The summed E-state index contributed by atoms with van der Waals surface area (Å²) in [6, 6.07) is 5.83. The average Bonchev–Trinajstić information content (AvgIpc) is 2.47. The molecule has 21 heavy (non-hydrogen) atoms. The Bertz CT molecular complexity index is 481. The quantitative estimate of drug-likeness (QED) is 0.905. The third-order valence-corrected chi connectivity index (χ3v) is 4.64. The fourth-order valence-corrected chi connectivity index (χ4v) is 2.94. The third kappa shape index (κ3) is 3.34. The van der Waals surface area contributed by atoms with E-state index in [0.717, 1.165) is 32.0 Å². The summed E-state index contributed by atoms with van der Waals surface area (Å²) >= 11 is 0. The molecule has 2 nitrogen and oxygen atoms in total. The monoisotopic (exact) mass is 300 g/mol. The number of anilines is 1. The van der Waals surface area contributed by atoms with Gasteiger partial charge in [0.15, 0.2) is 0 Å². The van der Waals surface area contributed by atoms with Crippen LogP contribution < -0.4 is 10.2 Å². The molecule has 1 fully saturated rings. The molecule has 0 amide bonds. The highest BCUT2D eigenvalue weighted by Gasteiger charge is 2.36. The van der Waals surface area contributed by atoms with Gasteiger partial charge in [-0.2, -0.15) is 13.2 Å². The second-order valence-corrected chi connectivity index (χ2v) is 5.89. The Morgan fingerprint density at radius 3 is 2.52 bits per heavy atom. The maximum Gasteiger partial charge on any atom is 0.416 e. The lowest BCUT2D eigenvalue weighted by atomic mass is 9.88. The Kier molecular flexibility index (Phi) is 4.51. The molecule has 0 spiro atoms. The second-order valence-electron chi connectivity index (χ2n) is 5.89. The Hall–Kier alpha value is -1.23. The zero-order valence-corrected chi connectivity index (χ0v) is 12.8. The first-order chi connectivity index (χ1) is 9.81. The molecule has 0 saturated carbocycles. The summed E-state index contributed by atoms with van der Waals surface area (Å²) in [7, 11) is 0. The van der Waals surface area contributed by atoms with Crippen molar-refractivity contribution in [3.05, 3.63) is 29.8 Å². The van der Waals surface area contributed by atoms with E-state index in [1.807, 2.05) is 6.92 Å². The van der Waals surface area contributed by atoms with E-state index in [4.69, 9.17) is 0 Å². The minimum absolute atomic E-state index is 0.0131. The Labute approximate surface area is 124 Å². The van der Waals surface area contributed by atoms with Crippen molar-refractivity contribution in [1.29, 1.82) is 0 Å². The maximum absolute atomic E-state index is 12.9. The van der Waals surface area contributed by atoms with E-state index in [1.54, 1.807) is 6.07 Å². The van der Waals surface area contributed by atoms with Crippen LogP contribution in [0.3, 0.4) is 0 Å². The van der Waals surface area contributed by atoms with Crippen molar-refractivity contribution >= 4 is 5.69 Å². The zero-order chi connectivity index (χ0) is 15.7. The van der Waals surface area contributed by atoms with E-state index in [2.05, 4.69) is 24.1 Å². The summed E-state index contributed by atoms with van der Waals surface area (Å²) in [6.07, 6.45) is -2.36. The minimum Gasteiger partial charge on any atom is -0.366 e.